The van der Waals surface area contributed by atoms with Gasteiger partial charge in [0.15, 0.2) is 0 Å². The van der Waals surface area contributed by atoms with E-state index in [1.165, 1.54) is 5.52 Å². The van der Waals surface area contributed by atoms with Crippen molar-refractivity contribution >= 4 is 33.5 Å². The first-order valence-corrected chi connectivity index (χ1v) is 6.67. The number of hydrogen-bond acceptors (Lipinski definition) is 2. The molecule has 2 aromatic heterocycles. The number of rotatable bonds is 3. The Morgan fingerprint density at radius 2 is 2.06 bits per heavy atom. The number of pyridine rings is 1. The van der Waals surface area contributed by atoms with Crippen LogP contribution in [0.4, 0.5) is 0 Å². The molecule has 0 saturated carbocycles. The first-order valence-electron chi connectivity index (χ1n) is 6.14. The smallest absolute Gasteiger partial charge is 0.111 e. The summed E-state index contributed by atoms with van der Waals surface area (Å²) in [6.45, 7) is 3.03. The number of aryl methyl sites for hydroxylation is 2. The van der Waals surface area contributed by atoms with Gasteiger partial charge in [0.1, 0.15) is 11.3 Å². The molecular formula is C14H14ClN3. The number of hydrogen-bond donors (Lipinski definition) is 0. The van der Waals surface area contributed by atoms with Gasteiger partial charge in [-0.1, -0.05) is 18.2 Å². The molecule has 0 fully saturated rings. The van der Waals surface area contributed by atoms with Gasteiger partial charge in [-0.25, -0.2) is 4.98 Å². The Balaban J connectivity index is 2.41. The second-order valence-corrected chi connectivity index (χ2v) is 4.60. The molecule has 92 valence electrons. The highest BCUT2D eigenvalue weighted by Crippen LogP contribution is 2.24. The number of benzene rings is 1. The summed E-state index contributed by atoms with van der Waals surface area (Å²) in [6.07, 6.45) is 2.64. The van der Waals surface area contributed by atoms with Crippen molar-refractivity contribution in [3.63, 3.8) is 0 Å². The minimum absolute atomic E-state index is 0.592. The van der Waals surface area contributed by atoms with Gasteiger partial charge in [-0.2, -0.15) is 0 Å². The summed E-state index contributed by atoms with van der Waals surface area (Å²) in [4.78, 5) is 9.09. The number of para-hydroxylation sites is 1. The van der Waals surface area contributed by atoms with Crippen molar-refractivity contribution in [2.24, 2.45) is 0 Å². The lowest BCUT2D eigenvalue weighted by Crippen LogP contribution is -2.02. The van der Waals surface area contributed by atoms with Gasteiger partial charge in [-0.3, -0.25) is 4.98 Å². The van der Waals surface area contributed by atoms with Crippen LogP contribution in [0.1, 0.15) is 12.7 Å². The lowest BCUT2D eigenvalue weighted by atomic mass is 10.2. The Hall–Kier alpha value is -1.61. The van der Waals surface area contributed by atoms with Crippen LogP contribution in [0.25, 0.3) is 21.9 Å². The van der Waals surface area contributed by atoms with Crippen LogP contribution in [0.15, 0.2) is 30.5 Å². The molecule has 0 atom stereocenters. The van der Waals surface area contributed by atoms with Gasteiger partial charge in [-0.05, 0) is 13.0 Å². The van der Waals surface area contributed by atoms with E-state index in [1.54, 1.807) is 0 Å². The highest BCUT2D eigenvalue weighted by atomic mass is 35.5. The largest absolute Gasteiger partial charge is 0.328 e. The van der Waals surface area contributed by atoms with E-state index >= 15 is 0 Å². The summed E-state index contributed by atoms with van der Waals surface area (Å²) in [5.41, 5.74) is 3.14. The van der Waals surface area contributed by atoms with E-state index in [1.807, 2.05) is 24.4 Å². The third kappa shape index (κ3) is 1.66. The molecule has 0 unspecified atom stereocenters. The number of imidazole rings is 1. The van der Waals surface area contributed by atoms with E-state index in [0.717, 1.165) is 35.2 Å². The van der Waals surface area contributed by atoms with E-state index in [0.29, 0.717) is 5.88 Å². The fourth-order valence-corrected chi connectivity index (χ4v) is 2.60. The van der Waals surface area contributed by atoms with Crippen LogP contribution in [0, 0.1) is 0 Å². The molecule has 0 amide bonds. The van der Waals surface area contributed by atoms with Crippen LogP contribution in [-0.2, 0) is 13.0 Å². The molecule has 2 heterocycles. The summed E-state index contributed by atoms with van der Waals surface area (Å²) >= 11 is 5.84. The fraction of sp³-hybridized carbons (Fsp3) is 0.286. The highest BCUT2D eigenvalue weighted by Gasteiger charge is 2.12. The van der Waals surface area contributed by atoms with Crippen molar-refractivity contribution < 1.29 is 0 Å². The van der Waals surface area contributed by atoms with E-state index in [2.05, 4.69) is 27.5 Å². The maximum atomic E-state index is 5.84. The molecular weight excluding hydrogens is 246 g/mol. The molecule has 0 aliphatic carbocycles. The standard InChI is InChI=1S/C14H14ClN3/c1-2-18-13(7-8-15)17-12-9-16-11-6-4-3-5-10(11)14(12)18/h3-6,9H,2,7-8H2,1H3. The second kappa shape index (κ2) is 4.58. The van der Waals surface area contributed by atoms with E-state index in [4.69, 9.17) is 11.6 Å². The molecule has 0 aliphatic heterocycles. The Labute approximate surface area is 110 Å². The van der Waals surface area contributed by atoms with Crippen molar-refractivity contribution in [1.82, 2.24) is 14.5 Å². The normalized spacial score (nSPS) is 11.4. The van der Waals surface area contributed by atoms with Gasteiger partial charge in [0, 0.05) is 24.2 Å². The molecule has 3 nitrogen and oxygen atoms in total. The maximum absolute atomic E-state index is 5.84. The number of aromatic nitrogens is 3. The molecule has 3 rings (SSSR count). The van der Waals surface area contributed by atoms with Crippen LogP contribution in [-0.4, -0.2) is 20.4 Å². The second-order valence-electron chi connectivity index (χ2n) is 4.22. The molecule has 3 aromatic rings. The Morgan fingerprint density at radius 1 is 1.22 bits per heavy atom. The summed E-state index contributed by atoms with van der Waals surface area (Å²) in [6, 6.07) is 8.18. The zero-order valence-corrected chi connectivity index (χ0v) is 11.0. The van der Waals surface area contributed by atoms with Crippen molar-refractivity contribution in [3.05, 3.63) is 36.3 Å². The van der Waals surface area contributed by atoms with Crippen molar-refractivity contribution in [3.8, 4) is 0 Å². The SMILES string of the molecule is CCn1c(CCCl)nc2cnc3ccccc3c21. The van der Waals surface area contributed by atoms with Crippen molar-refractivity contribution in [1.29, 1.82) is 0 Å². The monoisotopic (exact) mass is 259 g/mol. The number of alkyl halides is 1. The zero-order chi connectivity index (χ0) is 12.5. The van der Waals surface area contributed by atoms with Crippen LogP contribution in [0.3, 0.4) is 0 Å². The van der Waals surface area contributed by atoms with Crippen LogP contribution >= 0.6 is 11.6 Å². The Morgan fingerprint density at radius 3 is 2.83 bits per heavy atom. The molecule has 0 radical (unpaired) electrons. The van der Waals surface area contributed by atoms with Crippen LogP contribution in [0.5, 0.6) is 0 Å². The summed E-state index contributed by atoms with van der Waals surface area (Å²) in [5.74, 6) is 1.63. The minimum atomic E-state index is 0.592. The molecule has 0 saturated heterocycles. The number of fused-ring (bicyclic) bond motifs is 3. The molecule has 0 aliphatic rings. The maximum Gasteiger partial charge on any atom is 0.111 e. The zero-order valence-electron chi connectivity index (χ0n) is 10.2. The average molecular weight is 260 g/mol. The molecule has 18 heavy (non-hydrogen) atoms. The Bertz CT molecular complexity index is 703. The van der Waals surface area contributed by atoms with E-state index in [-0.39, 0.29) is 0 Å². The summed E-state index contributed by atoms with van der Waals surface area (Å²) in [5, 5.41) is 1.16. The van der Waals surface area contributed by atoms with Gasteiger partial charge in [0.05, 0.1) is 17.2 Å². The highest BCUT2D eigenvalue weighted by molar-refractivity contribution is 6.18. The molecule has 1 aromatic carbocycles. The third-order valence-corrected chi connectivity index (χ3v) is 3.38. The van der Waals surface area contributed by atoms with Crippen molar-refractivity contribution in [2.45, 2.75) is 19.9 Å². The van der Waals surface area contributed by atoms with Gasteiger partial charge in [0.25, 0.3) is 0 Å². The van der Waals surface area contributed by atoms with Crippen molar-refractivity contribution in [2.75, 3.05) is 5.88 Å². The van der Waals surface area contributed by atoms with Gasteiger partial charge in [0.2, 0.25) is 0 Å². The lowest BCUT2D eigenvalue weighted by molar-refractivity contribution is 0.728. The molecule has 0 N–H and O–H groups in total. The first kappa shape index (κ1) is 11.5. The van der Waals surface area contributed by atoms with Crippen LogP contribution < -0.4 is 0 Å². The number of nitrogens with zero attached hydrogens (tertiary/aromatic N) is 3. The fourth-order valence-electron chi connectivity index (χ4n) is 2.43. The predicted molar refractivity (Wildman–Crippen MR) is 75.1 cm³/mol. The molecule has 4 heteroatoms. The Kier molecular flexibility index (Phi) is 2.92. The lowest BCUT2D eigenvalue weighted by Gasteiger charge is -2.06. The molecule has 0 bridgehead atoms. The predicted octanol–water partition coefficient (Wildman–Crippen LogP) is 3.39. The van der Waals surface area contributed by atoms with Gasteiger partial charge in [-0.15, -0.1) is 11.6 Å². The minimum Gasteiger partial charge on any atom is -0.328 e. The van der Waals surface area contributed by atoms with Gasteiger partial charge >= 0.3 is 0 Å². The quantitative estimate of drug-likeness (QED) is 0.675. The van der Waals surface area contributed by atoms with Gasteiger partial charge < -0.3 is 4.57 Å². The first-order chi connectivity index (χ1) is 8.85. The average Bonchev–Trinajstić information content (AvgIpc) is 2.77. The van der Waals surface area contributed by atoms with E-state index in [9.17, 15) is 0 Å². The van der Waals surface area contributed by atoms with Crippen LogP contribution in [0.2, 0.25) is 0 Å². The summed E-state index contributed by atoms with van der Waals surface area (Å²) < 4.78 is 2.24. The van der Waals surface area contributed by atoms with E-state index < -0.39 is 0 Å². The third-order valence-electron chi connectivity index (χ3n) is 3.19. The summed E-state index contributed by atoms with van der Waals surface area (Å²) in [7, 11) is 0. The molecule has 0 spiro atoms. The number of halogens is 1. The topological polar surface area (TPSA) is 30.7 Å².